The van der Waals surface area contributed by atoms with E-state index in [1.807, 2.05) is 0 Å². The third-order valence-electron chi connectivity index (χ3n) is 5.17. The SMILES string of the molecule is CC(C)C1CCC(NC[C@H](Cc2ccc(F)cc2)C(N)=O)CC1. The van der Waals surface area contributed by atoms with Crippen LogP contribution in [0.2, 0.25) is 0 Å². The lowest BCUT2D eigenvalue weighted by Gasteiger charge is -2.32. The van der Waals surface area contributed by atoms with Crippen LogP contribution in [-0.4, -0.2) is 18.5 Å². The number of nitrogens with one attached hydrogen (secondary N) is 1. The number of halogens is 1. The molecule has 0 saturated heterocycles. The molecule has 4 heteroatoms. The number of benzene rings is 1. The van der Waals surface area contributed by atoms with Crippen LogP contribution in [0.4, 0.5) is 4.39 Å². The molecule has 3 N–H and O–H groups in total. The number of primary amides is 1. The molecule has 128 valence electrons. The predicted molar refractivity (Wildman–Crippen MR) is 91.4 cm³/mol. The molecule has 1 aromatic carbocycles. The summed E-state index contributed by atoms with van der Waals surface area (Å²) in [5, 5.41) is 3.52. The summed E-state index contributed by atoms with van der Waals surface area (Å²) in [4.78, 5) is 11.7. The van der Waals surface area contributed by atoms with Crippen LogP contribution < -0.4 is 11.1 Å². The zero-order valence-corrected chi connectivity index (χ0v) is 14.2. The maximum absolute atomic E-state index is 13.0. The topological polar surface area (TPSA) is 55.1 Å². The van der Waals surface area contributed by atoms with Gasteiger partial charge in [0.1, 0.15) is 5.82 Å². The first-order valence-corrected chi connectivity index (χ1v) is 8.73. The first-order valence-electron chi connectivity index (χ1n) is 8.73. The molecule has 0 radical (unpaired) electrons. The number of hydrogen-bond donors (Lipinski definition) is 2. The van der Waals surface area contributed by atoms with E-state index in [-0.39, 0.29) is 17.6 Å². The second-order valence-electron chi connectivity index (χ2n) is 7.19. The molecule has 0 unspecified atom stereocenters. The molecule has 0 bridgehead atoms. The van der Waals surface area contributed by atoms with Gasteiger partial charge in [0.15, 0.2) is 0 Å². The van der Waals surface area contributed by atoms with Crippen molar-refractivity contribution in [3.8, 4) is 0 Å². The van der Waals surface area contributed by atoms with Crippen LogP contribution in [0.3, 0.4) is 0 Å². The third kappa shape index (κ3) is 5.61. The molecule has 1 aliphatic rings. The Balaban J connectivity index is 1.81. The Kier molecular flexibility index (Phi) is 6.58. The molecule has 1 fully saturated rings. The zero-order chi connectivity index (χ0) is 16.8. The highest BCUT2D eigenvalue weighted by Crippen LogP contribution is 2.29. The van der Waals surface area contributed by atoms with Crippen molar-refractivity contribution in [1.29, 1.82) is 0 Å². The van der Waals surface area contributed by atoms with Gasteiger partial charge in [-0.1, -0.05) is 26.0 Å². The van der Waals surface area contributed by atoms with Crippen LogP contribution in [0.15, 0.2) is 24.3 Å². The van der Waals surface area contributed by atoms with Crippen molar-refractivity contribution < 1.29 is 9.18 Å². The van der Waals surface area contributed by atoms with Gasteiger partial charge < -0.3 is 11.1 Å². The van der Waals surface area contributed by atoms with E-state index in [0.717, 1.165) is 17.4 Å². The lowest BCUT2D eigenvalue weighted by Crippen LogP contribution is -2.41. The summed E-state index contributed by atoms with van der Waals surface area (Å²) in [7, 11) is 0. The summed E-state index contributed by atoms with van der Waals surface area (Å²) >= 11 is 0. The Labute approximate surface area is 138 Å². The van der Waals surface area contributed by atoms with Crippen LogP contribution in [0.1, 0.15) is 45.1 Å². The number of carbonyl (C=O) groups is 1. The summed E-state index contributed by atoms with van der Waals surface area (Å²) in [6.07, 6.45) is 5.42. The smallest absolute Gasteiger partial charge is 0.222 e. The van der Waals surface area contributed by atoms with Gasteiger partial charge in [-0.3, -0.25) is 4.79 Å². The number of nitrogens with two attached hydrogens (primary N) is 1. The van der Waals surface area contributed by atoms with Crippen molar-refractivity contribution in [2.24, 2.45) is 23.5 Å². The molecule has 1 aromatic rings. The van der Waals surface area contributed by atoms with E-state index < -0.39 is 0 Å². The van der Waals surface area contributed by atoms with Crippen molar-refractivity contribution in [1.82, 2.24) is 5.32 Å². The highest BCUT2D eigenvalue weighted by atomic mass is 19.1. The predicted octanol–water partition coefficient (Wildman–Crippen LogP) is 3.27. The maximum atomic E-state index is 13.0. The quantitative estimate of drug-likeness (QED) is 0.810. The van der Waals surface area contributed by atoms with Crippen molar-refractivity contribution >= 4 is 5.91 Å². The Hall–Kier alpha value is -1.42. The molecule has 1 atom stereocenters. The molecular weight excluding hydrogens is 291 g/mol. The largest absolute Gasteiger partial charge is 0.369 e. The van der Waals surface area contributed by atoms with Gasteiger partial charge in [-0.25, -0.2) is 4.39 Å². The van der Waals surface area contributed by atoms with Crippen LogP contribution in [-0.2, 0) is 11.2 Å². The highest BCUT2D eigenvalue weighted by Gasteiger charge is 2.24. The molecule has 0 spiro atoms. The highest BCUT2D eigenvalue weighted by molar-refractivity contribution is 5.77. The van der Waals surface area contributed by atoms with Crippen molar-refractivity contribution in [3.05, 3.63) is 35.6 Å². The van der Waals surface area contributed by atoms with Gasteiger partial charge in [-0.2, -0.15) is 0 Å². The Bertz CT molecular complexity index is 493. The number of rotatable bonds is 7. The van der Waals surface area contributed by atoms with Gasteiger partial charge in [-0.15, -0.1) is 0 Å². The van der Waals surface area contributed by atoms with Crippen LogP contribution in [0.25, 0.3) is 0 Å². The van der Waals surface area contributed by atoms with Crippen molar-refractivity contribution in [3.63, 3.8) is 0 Å². The normalized spacial score (nSPS) is 23.0. The van der Waals surface area contributed by atoms with E-state index in [1.54, 1.807) is 12.1 Å². The minimum Gasteiger partial charge on any atom is -0.369 e. The zero-order valence-electron chi connectivity index (χ0n) is 14.2. The molecular formula is C19H29FN2O. The average molecular weight is 320 g/mol. The van der Waals surface area contributed by atoms with Crippen LogP contribution in [0.5, 0.6) is 0 Å². The summed E-state index contributed by atoms with van der Waals surface area (Å²) in [5.74, 6) is 0.789. The van der Waals surface area contributed by atoms with E-state index in [2.05, 4.69) is 19.2 Å². The average Bonchev–Trinajstić information content (AvgIpc) is 2.53. The van der Waals surface area contributed by atoms with Crippen LogP contribution >= 0.6 is 0 Å². The van der Waals surface area contributed by atoms with Gasteiger partial charge in [0, 0.05) is 12.6 Å². The van der Waals surface area contributed by atoms with Gasteiger partial charge in [-0.05, 0) is 61.6 Å². The molecule has 0 aromatic heterocycles. The molecule has 0 aliphatic heterocycles. The van der Waals surface area contributed by atoms with Gasteiger partial charge >= 0.3 is 0 Å². The molecule has 23 heavy (non-hydrogen) atoms. The van der Waals surface area contributed by atoms with E-state index in [9.17, 15) is 9.18 Å². The minimum absolute atomic E-state index is 0.247. The fraction of sp³-hybridized carbons (Fsp3) is 0.632. The van der Waals surface area contributed by atoms with Gasteiger partial charge in [0.2, 0.25) is 5.91 Å². The van der Waals surface area contributed by atoms with Crippen molar-refractivity contribution in [2.45, 2.75) is 52.0 Å². The van der Waals surface area contributed by atoms with E-state index in [4.69, 9.17) is 5.73 Å². The Morgan fingerprint density at radius 3 is 2.35 bits per heavy atom. The maximum Gasteiger partial charge on any atom is 0.222 e. The molecule has 0 heterocycles. The monoisotopic (exact) mass is 320 g/mol. The molecule has 1 amide bonds. The Morgan fingerprint density at radius 2 is 1.83 bits per heavy atom. The van der Waals surface area contributed by atoms with Gasteiger partial charge in [0.05, 0.1) is 5.92 Å². The third-order valence-corrected chi connectivity index (χ3v) is 5.17. The number of amides is 1. The van der Waals surface area contributed by atoms with Crippen LogP contribution in [0, 0.1) is 23.6 Å². The summed E-state index contributed by atoms with van der Waals surface area (Å²) < 4.78 is 13.0. The number of hydrogen-bond acceptors (Lipinski definition) is 2. The molecule has 1 saturated carbocycles. The van der Waals surface area contributed by atoms with E-state index in [1.165, 1.54) is 37.8 Å². The van der Waals surface area contributed by atoms with Crippen molar-refractivity contribution in [2.75, 3.05) is 6.54 Å². The lowest BCUT2D eigenvalue weighted by atomic mass is 9.79. The van der Waals surface area contributed by atoms with Gasteiger partial charge in [0.25, 0.3) is 0 Å². The first-order chi connectivity index (χ1) is 11.0. The standard InChI is InChI=1S/C19H29FN2O/c1-13(2)15-5-9-18(10-6-15)22-12-16(19(21)23)11-14-3-7-17(20)8-4-14/h3-4,7-8,13,15-16,18,22H,5-6,9-12H2,1-2H3,(H2,21,23)/t15?,16-,18?/m0/s1. The van der Waals surface area contributed by atoms with E-state index >= 15 is 0 Å². The molecule has 3 nitrogen and oxygen atoms in total. The molecule has 1 aliphatic carbocycles. The minimum atomic E-state index is -0.294. The second kappa shape index (κ2) is 8.44. The fourth-order valence-electron chi connectivity index (χ4n) is 3.48. The lowest BCUT2D eigenvalue weighted by molar-refractivity contribution is -0.121. The first kappa shape index (κ1) is 17.9. The summed E-state index contributed by atoms with van der Waals surface area (Å²) in [6.45, 7) is 5.19. The Morgan fingerprint density at radius 1 is 1.22 bits per heavy atom. The molecule has 2 rings (SSSR count). The number of carbonyl (C=O) groups excluding carboxylic acids is 1. The second-order valence-corrected chi connectivity index (χ2v) is 7.19. The summed E-state index contributed by atoms with van der Waals surface area (Å²) in [5.41, 5.74) is 6.48. The summed E-state index contributed by atoms with van der Waals surface area (Å²) in [6, 6.07) is 6.78. The fourth-order valence-corrected chi connectivity index (χ4v) is 3.48. The van der Waals surface area contributed by atoms with E-state index in [0.29, 0.717) is 19.0 Å².